The van der Waals surface area contributed by atoms with Gasteiger partial charge in [0.1, 0.15) is 0 Å². The van der Waals surface area contributed by atoms with Gasteiger partial charge in [0.15, 0.2) is 11.6 Å². The van der Waals surface area contributed by atoms with Crippen molar-refractivity contribution in [2.45, 2.75) is 31.2 Å². The van der Waals surface area contributed by atoms with Crippen molar-refractivity contribution < 1.29 is 17.9 Å². The number of ether oxygens (including phenoxy) is 1. The van der Waals surface area contributed by atoms with Crippen molar-refractivity contribution in [1.82, 2.24) is 0 Å². The molecule has 1 N–H and O–H groups in total. The first-order valence-electron chi connectivity index (χ1n) is 5.69. The molecule has 100 valence electrons. The summed E-state index contributed by atoms with van der Waals surface area (Å²) in [4.78, 5) is 0. The highest BCUT2D eigenvalue weighted by Gasteiger charge is 2.23. The van der Waals surface area contributed by atoms with Gasteiger partial charge >= 0.3 is 6.61 Å². The lowest BCUT2D eigenvalue weighted by Crippen LogP contribution is -2.24. The minimum absolute atomic E-state index is 0.288. The Bertz CT molecular complexity index is 416. The monoisotopic (exact) mass is 277 g/mol. The summed E-state index contributed by atoms with van der Waals surface area (Å²) < 4.78 is 41.5. The van der Waals surface area contributed by atoms with E-state index in [2.05, 4.69) is 17.0 Å². The molecule has 0 aliphatic carbocycles. The third kappa shape index (κ3) is 3.25. The largest absolute Gasteiger partial charge is 0.432 e. The maximum Gasteiger partial charge on any atom is 0.387 e. The Morgan fingerprint density at radius 1 is 1.44 bits per heavy atom. The second-order valence-electron chi connectivity index (χ2n) is 4.14. The summed E-state index contributed by atoms with van der Waals surface area (Å²) in [5.41, 5.74) is 0.591. The van der Waals surface area contributed by atoms with Crippen molar-refractivity contribution in [3.05, 3.63) is 24.0 Å². The Morgan fingerprint density at radius 3 is 2.78 bits per heavy atom. The zero-order valence-electron chi connectivity index (χ0n) is 9.83. The maximum absolute atomic E-state index is 13.5. The minimum Gasteiger partial charge on any atom is -0.432 e. The number of hydrogen-bond donors (Lipinski definition) is 1. The lowest BCUT2D eigenvalue weighted by atomic mass is 10.1. The summed E-state index contributed by atoms with van der Waals surface area (Å²) in [6.45, 7) is -0.899. The molecule has 1 heterocycles. The Kier molecular flexibility index (Phi) is 4.27. The molecule has 1 aliphatic heterocycles. The van der Waals surface area contributed by atoms with Crippen molar-refractivity contribution >= 4 is 17.4 Å². The van der Waals surface area contributed by atoms with Gasteiger partial charge in [-0.2, -0.15) is 20.5 Å². The molecule has 1 saturated heterocycles. The first kappa shape index (κ1) is 13.4. The third-order valence-corrected chi connectivity index (χ3v) is 4.20. The van der Waals surface area contributed by atoms with Crippen LogP contribution in [0.4, 0.5) is 18.9 Å². The van der Waals surface area contributed by atoms with Crippen LogP contribution in [-0.2, 0) is 0 Å². The second-order valence-corrected chi connectivity index (χ2v) is 5.62. The van der Waals surface area contributed by atoms with Gasteiger partial charge in [0.05, 0.1) is 0 Å². The molecule has 0 bridgehead atoms. The molecule has 0 spiro atoms. The third-order valence-electron chi connectivity index (χ3n) is 2.88. The molecule has 1 aliphatic rings. The van der Waals surface area contributed by atoms with E-state index in [1.54, 1.807) is 6.07 Å². The Labute approximate surface area is 108 Å². The molecule has 2 rings (SSSR count). The zero-order chi connectivity index (χ0) is 13.1. The summed E-state index contributed by atoms with van der Waals surface area (Å²) in [5, 5.41) is 3.67. The molecule has 2 unspecified atom stereocenters. The van der Waals surface area contributed by atoms with Crippen molar-refractivity contribution in [3.8, 4) is 5.75 Å². The molecule has 2 nitrogen and oxygen atoms in total. The summed E-state index contributed by atoms with van der Waals surface area (Å²) in [7, 11) is 0. The van der Waals surface area contributed by atoms with Crippen LogP contribution in [0.5, 0.6) is 5.75 Å². The quantitative estimate of drug-likeness (QED) is 0.906. The number of hydrogen-bond acceptors (Lipinski definition) is 3. The summed E-state index contributed by atoms with van der Waals surface area (Å²) in [6.07, 6.45) is 1.02. The van der Waals surface area contributed by atoms with Gasteiger partial charge in [-0.25, -0.2) is 4.39 Å². The van der Waals surface area contributed by atoms with Crippen LogP contribution in [0.15, 0.2) is 18.2 Å². The Morgan fingerprint density at radius 2 is 2.22 bits per heavy atom. The van der Waals surface area contributed by atoms with Crippen molar-refractivity contribution in [1.29, 1.82) is 0 Å². The van der Waals surface area contributed by atoms with Crippen LogP contribution in [0.1, 0.15) is 13.3 Å². The van der Waals surface area contributed by atoms with Crippen molar-refractivity contribution in [2.24, 2.45) is 0 Å². The van der Waals surface area contributed by atoms with E-state index in [0.717, 1.165) is 12.2 Å². The highest BCUT2D eigenvalue weighted by atomic mass is 32.2. The van der Waals surface area contributed by atoms with Gasteiger partial charge in [-0.3, -0.25) is 0 Å². The fourth-order valence-corrected chi connectivity index (χ4v) is 3.12. The molecule has 0 aromatic heterocycles. The first-order valence-corrected chi connectivity index (χ1v) is 6.73. The molecule has 0 amide bonds. The fraction of sp³-hybridized carbons (Fsp3) is 0.500. The van der Waals surface area contributed by atoms with Crippen LogP contribution in [0.2, 0.25) is 0 Å². The predicted molar refractivity (Wildman–Crippen MR) is 67.0 cm³/mol. The average Bonchev–Trinajstić information content (AvgIpc) is 2.68. The lowest BCUT2D eigenvalue weighted by molar-refractivity contribution is -0.0521. The standard InChI is InChI=1S/C12H14F3NOS/c1-7-10(4-5-18-7)16-8-2-3-11(9(13)6-8)17-12(14)15/h2-3,6-7,10,12,16H,4-5H2,1H3. The van der Waals surface area contributed by atoms with Gasteiger partial charge < -0.3 is 10.1 Å². The maximum atomic E-state index is 13.5. The normalized spacial score (nSPS) is 23.4. The molecule has 0 saturated carbocycles. The molecule has 6 heteroatoms. The number of benzene rings is 1. The van der Waals surface area contributed by atoms with Crippen molar-refractivity contribution in [2.75, 3.05) is 11.1 Å². The van der Waals surface area contributed by atoms with Crippen LogP contribution in [0, 0.1) is 5.82 Å². The predicted octanol–water partition coefficient (Wildman–Crippen LogP) is 3.73. The van der Waals surface area contributed by atoms with Crippen molar-refractivity contribution in [3.63, 3.8) is 0 Å². The molecular weight excluding hydrogens is 263 g/mol. The molecule has 1 aromatic rings. The van der Waals surface area contributed by atoms with E-state index in [0.29, 0.717) is 10.9 Å². The SMILES string of the molecule is CC1SCCC1Nc1ccc(OC(F)F)c(F)c1. The van der Waals surface area contributed by atoms with Gasteiger partial charge in [-0.15, -0.1) is 0 Å². The van der Waals surface area contributed by atoms with E-state index in [-0.39, 0.29) is 6.04 Å². The van der Waals surface area contributed by atoms with Crippen LogP contribution >= 0.6 is 11.8 Å². The number of thioether (sulfide) groups is 1. The Hall–Kier alpha value is -1.04. The topological polar surface area (TPSA) is 21.3 Å². The number of rotatable bonds is 4. The van der Waals surface area contributed by atoms with E-state index in [1.807, 2.05) is 11.8 Å². The fourth-order valence-electron chi connectivity index (χ4n) is 1.92. The molecule has 1 fully saturated rings. The number of halogens is 3. The second kappa shape index (κ2) is 5.73. The number of nitrogens with one attached hydrogen (secondary N) is 1. The first-order chi connectivity index (χ1) is 8.56. The van der Waals surface area contributed by atoms with Gasteiger partial charge in [-0.05, 0) is 24.3 Å². The lowest BCUT2D eigenvalue weighted by Gasteiger charge is -2.18. The summed E-state index contributed by atoms with van der Waals surface area (Å²) >= 11 is 1.86. The van der Waals surface area contributed by atoms with E-state index in [4.69, 9.17) is 0 Å². The van der Waals surface area contributed by atoms with Crippen LogP contribution < -0.4 is 10.1 Å². The highest BCUT2D eigenvalue weighted by molar-refractivity contribution is 8.00. The van der Waals surface area contributed by atoms with Crippen LogP contribution in [-0.4, -0.2) is 23.7 Å². The smallest absolute Gasteiger partial charge is 0.387 e. The molecular formula is C12H14F3NOS. The van der Waals surface area contributed by atoms with E-state index < -0.39 is 18.2 Å². The van der Waals surface area contributed by atoms with Gasteiger partial charge in [0.2, 0.25) is 0 Å². The molecule has 1 aromatic carbocycles. The summed E-state index contributed by atoms with van der Waals surface area (Å²) in [5.74, 6) is -0.128. The van der Waals surface area contributed by atoms with E-state index in [1.165, 1.54) is 12.1 Å². The molecule has 18 heavy (non-hydrogen) atoms. The molecule has 2 atom stereocenters. The minimum atomic E-state index is -3.01. The highest BCUT2D eigenvalue weighted by Crippen LogP contribution is 2.30. The average molecular weight is 277 g/mol. The van der Waals surface area contributed by atoms with Crippen LogP contribution in [0.25, 0.3) is 0 Å². The number of anilines is 1. The van der Waals surface area contributed by atoms with Crippen LogP contribution in [0.3, 0.4) is 0 Å². The molecule has 0 radical (unpaired) electrons. The Balaban J connectivity index is 2.04. The number of alkyl halides is 2. The van der Waals surface area contributed by atoms with Gasteiger partial charge in [0, 0.05) is 23.0 Å². The van der Waals surface area contributed by atoms with E-state index >= 15 is 0 Å². The van der Waals surface area contributed by atoms with Gasteiger partial charge in [0.25, 0.3) is 0 Å². The van der Waals surface area contributed by atoms with E-state index in [9.17, 15) is 13.2 Å². The van der Waals surface area contributed by atoms with Gasteiger partial charge in [-0.1, -0.05) is 6.92 Å². The zero-order valence-corrected chi connectivity index (χ0v) is 10.6. The summed E-state index contributed by atoms with van der Waals surface area (Å²) in [6, 6.07) is 4.25.